The summed E-state index contributed by atoms with van der Waals surface area (Å²) >= 11 is 0. The van der Waals surface area contributed by atoms with Crippen molar-refractivity contribution in [2.75, 3.05) is 6.54 Å². The van der Waals surface area contributed by atoms with Gasteiger partial charge in [-0.3, -0.25) is 0 Å². The van der Waals surface area contributed by atoms with Crippen LogP contribution in [-0.2, 0) is 6.42 Å². The highest BCUT2D eigenvalue weighted by molar-refractivity contribution is 5.27. The van der Waals surface area contributed by atoms with Crippen molar-refractivity contribution in [1.29, 1.82) is 0 Å². The van der Waals surface area contributed by atoms with Crippen LogP contribution in [0.5, 0.6) is 5.75 Å². The van der Waals surface area contributed by atoms with Crippen molar-refractivity contribution in [3.8, 4) is 5.75 Å². The Bertz CT molecular complexity index is 359. The molecule has 0 aliphatic carbocycles. The molecule has 18 heavy (non-hydrogen) atoms. The van der Waals surface area contributed by atoms with Gasteiger partial charge in [-0.15, -0.1) is 13.2 Å². The van der Waals surface area contributed by atoms with Gasteiger partial charge in [0.15, 0.2) is 0 Å². The van der Waals surface area contributed by atoms with Gasteiger partial charge in [0.1, 0.15) is 5.75 Å². The Kier molecular flexibility index (Phi) is 5.02. The normalized spacial score (nSPS) is 13.7. The van der Waals surface area contributed by atoms with Gasteiger partial charge in [-0.25, -0.2) is 0 Å². The van der Waals surface area contributed by atoms with Crippen LogP contribution in [0.1, 0.15) is 19.4 Å². The largest absolute Gasteiger partial charge is 0.573 e. The monoisotopic (exact) mass is 261 g/mol. The van der Waals surface area contributed by atoms with E-state index in [-0.39, 0.29) is 5.75 Å². The number of alkyl halides is 3. The van der Waals surface area contributed by atoms with Gasteiger partial charge in [0.25, 0.3) is 0 Å². The Labute approximate surface area is 105 Å². The number of rotatable bonds is 5. The van der Waals surface area contributed by atoms with Gasteiger partial charge >= 0.3 is 6.36 Å². The molecule has 0 saturated heterocycles. The van der Waals surface area contributed by atoms with Crippen LogP contribution < -0.4 is 10.5 Å². The van der Waals surface area contributed by atoms with Crippen LogP contribution in [0.4, 0.5) is 13.2 Å². The second-order valence-corrected chi connectivity index (χ2v) is 4.64. The summed E-state index contributed by atoms with van der Waals surface area (Å²) in [4.78, 5) is 0. The smallest absolute Gasteiger partial charge is 0.406 e. The molecule has 0 bridgehead atoms. The number of ether oxygens (including phenoxy) is 1. The molecule has 1 unspecified atom stereocenters. The average Bonchev–Trinajstić information content (AvgIpc) is 2.25. The number of nitrogens with two attached hydrogens (primary N) is 1. The first kappa shape index (κ1) is 14.8. The van der Waals surface area contributed by atoms with Crippen molar-refractivity contribution < 1.29 is 17.9 Å². The SMILES string of the molecule is CC(C)C(CN)Cc1ccc(OC(F)(F)F)cc1. The van der Waals surface area contributed by atoms with Crippen LogP contribution in [0.3, 0.4) is 0 Å². The van der Waals surface area contributed by atoms with Crippen molar-refractivity contribution in [3.63, 3.8) is 0 Å². The topological polar surface area (TPSA) is 35.2 Å². The maximum atomic E-state index is 12.0. The van der Waals surface area contributed by atoms with E-state index in [1.54, 1.807) is 12.1 Å². The average molecular weight is 261 g/mol. The summed E-state index contributed by atoms with van der Waals surface area (Å²) < 4.78 is 39.7. The molecule has 1 aromatic rings. The second-order valence-electron chi connectivity index (χ2n) is 4.64. The zero-order chi connectivity index (χ0) is 13.8. The first-order valence-corrected chi connectivity index (χ1v) is 5.86. The van der Waals surface area contributed by atoms with Gasteiger partial charge in [-0.1, -0.05) is 26.0 Å². The van der Waals surface area contributed by atoms with Crippen LogP contribution in [0.2, 0.25) is 0 Å². The Morgan fingerprint density at radius 3 is 2.11 bits per heavy atom. The van der Waals surface area contributed by atoms with Crippen molar-refractivity contribution in [1.82, 2.24) is 0 Å². The third-order valence-corrected chi connectivity index (χ3v) is 2.90. The molecule has 0 aromatic heterocycles. The standard InChI is InChI=1S/C13H18F3NO/c1-9(2)11(8-17)7-10-3-5-12(6-4-10)18-13(14,15)16/h3-6,9,11H,7-8,17H2,1-2H3. The van der Waals surface area contributed by atoms with Crippen LogP contribution in [-0.4, -0.2) is 12.9 Å². The lowest BCUT2D eigenvalue weighted by molar-refractivity contribution is -0.274. The molecule has 0 saturated carbocycles. The maximum absolute atomic E-state index is 12.0. The second kappa shape index (κ2) is 6.09. The fourth-order valence-electron chi connectivity index (χ4n) is 1.72. The molecule has 102 valence electrons. The molecule has 0 aliphatic heterocycles. The van der Waals surface area contributed by atoms with Gasteiger partial charge in [0.2, 0.25) is 0 Å². The third kappa shape index (κ3) is 4.96. The summed E-state index contributed by atoms with van der Waals surface area (Å²) in [5.74, 6) is 0.584. The Hall–Kier alpha value is -1.23. The van der Waals surface area contributed by atoms with E-state index in [2.05, 4.69) is 18.6 Å². The molecule has 2 N–H and O–H groups in total. The lowest BCUT2D eigenvalue weighted by Crippen LogP contribution is -2.22. The van der Waals surface area contributed by atoms with E-state index in [9.17, 15) is 13.2 Å². The van der Waals surface area contributed by atoms with Crippen LogP contribution in [0.15, 0.2) is 24.3 Å². The lowest BCUT2D eigenvalue weighted by atomic mass is 9.89. The predicted octanol–water partition coefficient (Wildman–Crippen LogP) is 3.36. The highest BCUT2D eigenvalue weighted by Gasteiger charge is 2.30. The Morgan fingerprint density at radius 2 is 1.72 bits per heavy atom. The number of hydrogen-bond acceptors (Lipinski definition) is 2. The van der Waals surface area contributed by atoms with E-state index >= 15 is 0 Å². The van der Waals surface area contributed by atoms with Crippen LogP contribution in [0.25, 0.3) is 0 Å². The van der Waals surface area contributed by atoms with Crippen molar-refractivity contribution in [2.24, 2.45) is 17.6 Å². The zero-order valence-electron chi connectivity index (χ0n) is 10.5. The zero-order valence-corrected chi connectivity index (χ0v) is 10.5. The summed E-state index contributed by atoms with van der Waals surface area (Å²) in [5, 5.41) is 0. The minimum absolute atomic E-state index is 0.194. The molecule has 1 atom stereocenters. The first-order valence-electron chi connectivity index (χ1n) is 5.86. The molecular weight excluding hydrogens is 243 g/mol. The summed E-state index contributed by atoms with van der Waals surface area (Å²) in [7, 11) is 0. The molecular formula is C13H18F3NO. The van der Waals surface area contributed by atoms with Gasteiger partial charge in [-0.2, -0.15) is 0 Å². The quantitative estimate of drug-likeness (QED) is 0.882. The number of halogens is 3. The summed E-state index contributed by atoms with van der Waals surface area (Å²) in [6, 6.07) is 5.95. The molecule has 5 heteroatoms. The minimum Gasteiger partial charge on any atom is -0.406 e. The fourth-order valence-corrected chi connectivity index (χ4v) is 1.72. The first-order chi connectivity index (χ1) is 8.31. The number of benzene rings is 1. The minimum atomic E-state index is -4.64. The molecule has 2 nitrogen and oxygen atoms in total. The van der Waals surface area contributed by atoms with Gasteiger partial charge in [0, 0.05) is 0 Å². The third-order valence-electron chi connectivity index (χ3n) is 2.90. The molecule has 0 fully saturated rings. The highest BCUT2D eigenvalue weighted by Crippen LogP contribution is 2.24. The fraction of sp³-hybridized carbons (Fsp3) is 0.538. The predicted molar refractivity (Wildman–Crippen MR) is 64.2 cm³/mol. The van der Waals surface area contributed by atoms with E-state index in [0.29, 0.717) is 18.4 Å². The van der Waals surface area contributed by atoms with E-state index in [4.69, 9.17) is 5.73 Å². The molecule has 0 aliphatic rings. The van der Waals surface area contributed by atoms with Crippen molar-refractivity contribution in [2.45, 2.75) is 26.6 Å². The van der Waals surface area contributed by atoms with Gasteiger partial charge < -0.3 is 10.5 Å². The molecule has 0 radical (unpaired) electrons. The van der Waals surface area contributed by atoms with Crippen LogP contribution in [0, 0.1) is 11.8 Å². The molecule has 0 amide bonds. The maximum Gasteiger partial charge on any atom is 0.573 e. The highest BCUT2D eigenvalue weighted by atomic mass is 19.4. The van der Waals surface area contributed by atoms with E-state index in [1.165, 1.54) is 12.1 Å². The van der Waals surface area contributed by atoms with Crippen molar-refractivity contribution in [3.05, 3.63) is 29.8 Å². The summed E-state index contributed by atoms with van der Waals surface area (Å²) in [6.45, 7) is 4.73. The van der Waals surface area contributed by atoms with Crippen molar-refractivity contribution >= 4 is 0 Å². The molecule has 0 spiro atoms. The molecule has 1 aromatic carbocycles. The van der Waals surface area contributed by atoms with E-state index in [0.717, 1.165) is 12.0 Å². The number of hydrogen-bond donors (Lipinski definition) is 1. The Balaban J connectivity index is 2.65. The molecule has 1 rings (SSSR count). The van der Waals surface area contributed by atoms with Crippen LogP contribution >= 0.6 is 0 Å². The van der Waals surface area contributed by atoms with Gasteiger partial charge in [-0.05, 0) is 42.5 Å². The van der Waals surface area contributed by atoms with E-state index in [1.807, 2.05) is 0 Å². The van der Waals surface area contributed by atoms with E-state index < -0.39 is 6.36 Å². The molecule has 0 heterocycles. The summed E-state index contributed by atoms with van der Waals surface area (Å²) in [6.07, 6.45) is -3.88. The summed E-state index contributed by atoms with van der Waals surface area (Å²) in [5.41, 5.74) is 6.63. The Morgan fingerprint density at radius 1 is 1.17 bits per heavy atom. The lowest BCUT2D eigenvalue weighted by Gasteiger charge is -2.19. The van der Waals surface area contributed by atoms with Gasteiger partial charge in [0.05, 0.1) is 0 Å².